The molecule has 10 heteroatoms. The first-order valence-corrected chi connectivity index (χ1v) is 17.2. The molecule has 45 heavy (non-hydrogen) atoms. The second-order valence-corrected chi connectivity index (χ2v) is 14.6. The van der Waals surface area contributed by atoms with E-state index >= 15 is 0 Å². The molecule has 2 N–H and O–H groups in total. The molecule has 0 amide bonds. The number of anilines is 1. The number of pyridine rings is 1. The number of aliphatic hydroxyl groups is 1. The fourth-order valence-corrected chi connectivity index (χ4v) is 8.50. The van der Waals surface area contributed by atoms with Crippen molar-refractivity contribution in [3.8, 4) is 17.3 Å². The van der Waals surface area contributed by atoms with Crippen molar-refractivity contribution in [2.75, 3.05) is 32.1 Å². The summed E-state index contributed by atoms with van der Waals surface area (Å²) < 4.78 is 5.59. The molecule has 1 unspecified atom stereocenters. The first-order valence-electron chi connectivity index (χ1n) is 17.2. The number of nitrogens with one attached hydrogen (secondary N) is 1. The molecule has 10 nitrogen and oxygen atoms in total. The van der Waals surface area contributed by atoms with Crippen LogP contribution in [-0.4, -0.2) is 72.9 Å². The monoisotopic (exact) mass is 610 g/mol. The van der Waals surface area contributed by atoms with Gasteiger partial charge in [-0.15, -0.1) is 0 Å². The lowest BCUT2D eigenvalue weighted by molar-refractivity contribution is 0.00256. The largest absolute Gasteiger partial charge is 0.480 e. The van der Waals surface area contributed by atoms with Gasteiger partial charge in [-0.2, -0.15) is 4.98 Å². The average molecular weight is 611 g/mol. The summed E-state index contributed by atoms with van der Waals surface area (Å²) >= 11 is 0. The van der Waals surface area contributed by atoms with Crippen molar-refractivity contribution in [3.63, 3.8) is 0 Å². The van der Waals surface area contributed by atoms with Crippen molar-refractivity contribution in [2.24, 2.45) is 5.41 Å². The number of aromatic nitrogens is 6. The smallest absolute Gasteiger partial charge is 0.227 e. The van der Waals surface area contributed by atoms with E-state index in [1.54, 1.807) is 19.8 Å². The van der Waals surface area contributed by atoms with Gasteiger partial charge in [0.05, 0.1) is 18.5 Å². The van der Waals surface area contributed by atoms with Crippen LogP contribution in [0.25, 0.3) is 11.4 Å². The van der Waals surface area contributed by atoms with Crippen LogP contribution in [0.3, 0.4) is 0 Å². The predicted octanol–water partition coefficient (Wildman–Crippen LogP) is 5.71. The molecule has 1 saturated heterocycles. The Balaban J connectivity index is 0.987. The molecule has 0 aromatic carbocycles. The van der Waals surface area contributed by atoms with E-state index in [4.69, 9.17) is 14.7 Å². The highest BCUT2D eigenvalue weighted by atomic mass is 16.5. The zero-order valence-corrected chi connectivity index (χ0v) is 26.7. The second kappa shape index (κ2) is 11.5. The van der Waals surface area contributed by atoms with Gasteiger partial charge in [0.2, 0.25) is 11.8 Å². The molecule has 6 fully saturated rings. The summed E-state index contributed by atoms with van der Waals surface area (Å²) in [5.74, 6) is 3.32. The Hall–Kier alpha value is -3.24. The summed E-state index contributed by atoms with van der Waals surface area (Å²) in [5.41, 5.74) is 6.45. The van der Waals surface area contributed by atoms with Gasteiger partial charge in [0.25, 0.3) is 0 Å². The van der Waals surface area contributed by atoms with Gasteiger partial charge in [-0.25, -0.2) is 19.9 Å². The van der Waals surface area contributed by atoms with Gasteiger partial charge in [0, 0.05) is 42.6 Å². The summed E-state index contributed by atoms with van der Waals surface area (Å²) in [6.45, 7) is 4.67. The van der Waals surface area contributed by atoms with Crippen LogP contribution in [0.2, 0.25) is 0 Å². The molecule has 5 saturated carbocycles. The number of fused-ring (bicyclic) bond motifs is 3. The third-order valence-electron chi connectivity index (χ3n) is 11.8. The van der Waals surface area contributed by atoms with E-state index in [0.29, 0.717) is 35.4 Å². The number of hydrogen-bond acceptors (Lipinski definition) is 10. The minimum absolute atomic E-state index is 0.187. The van der Waals surface area contributed by atoms with E-state index in [9.17, 15) is 5.11 Å². The number of hydrogen-bond donors (Lipinski definition) is 2. The standard InChI is InChI=1S/C35H46N8O2/c1-22(44)43-17-9-23(10-18-43)26-7-8-27(24-3-4-24)41-30(26)35-14-11-34(12-15-35,13-16-35)19-36-33-40-21-38-31(42-33)28-29(25-5-6-25)37-20-39-32(28)45-2/h7-8,20-25,44H,3-6,9-19H2,1-2H3,(H,36,38,40,42). The van der Waals surface area contributed by atoms with Crippen LogP contribution in [0.4, 0.5) is 5.95 Å². The van der Waals surface area contributed by atoms with E-state index in [2.05, 4.69) is 42.3 Å². The fourth-order valence-electron chi connectivity index (χ4n) is 8.50. The number of likely N-dealkylation sites (tertiary alicyclic amines) is 1. The zero-order valence-electron chi connectivity index (χ0n) is 26.7. The minimum Gasteiger partial charge on any atom is -0.480 e. The molecule has 0 spiro atoms. The number of methoxy groups -OCH3 is 1. The Morgan fingerprint density at radius 1 is 0.867 bits per heavy atom. The third-order valence-corrected chi connectivity index (χ3v) is 11.8. The summed E-state index contributed by atoms with van der Waals surface area (Å²) in [6.07, 6.45) is 17.0. The maximum Gasteiger partial charge on any atom is 0.227 e. The van der Waals surface area contributed by atoms with Crippen LogP contribution < -0.4 is 10.1 Å². The summed E-state index contributed by atoms with van der Waals surface area (Å²) in [6, 6.07) is 4.78. The van der Waals surface area contributed by atoms with Crippen LogP contribution in [0.15, 0.2) is 24.8 Å². The number of rotatable bonds is 10. The lowest BCUT2D eigenvalue weighted by Gasteiger charge is -2.54. The molecule has 3 aromatic heterocycles. The highest BCUT2D eigenvalue weighted by Gasteiger charge is 2.51. The Morgan fingerprint density at radius 2 is 1.58 bits per heavy atom. The van der Waals surface area contributed by atoms with Gasteiger partial charge in [0.1, 0.15) is 24.4 Å². The van der Waals surface area contributed by atoms with E-state index in [-0.39, 0.29) is 17.1 Å². The van der Waals surface area contributed by atoms with E-state index in [1.165, 1.54) is 68.3 Å². The molecule has 3 aromatic rings. The molecular formula is C35H46N8O2. The Morgan fingerprint density at radius 3 is 2.24 bits per heavy atom. The van der Waals surface area contributed by atoms with Gasteiger partial charge in [-0.3, -0.25) is 9.88 Å². The molecular weight excluding hydrogens is 564 g/mol. The SMILES string of the molecule is COc1ncnc(C2CC2)c1-c1ncnc(NCC23CCC(c4nc(C5CC5)ccc4C4CCN(C(C)O)CC4)(CC2)CC3)n1. The van der Waals surface area contributed by atoms with Gasteiger partial charge in [-0.05, 0) is 107 Å². The highest BCUT2D eigenvalue weighted by molar-refractivity contribution is 5.66. The fraction of sp³-hybridized carbons (Fsp3) is 0.657. The van der Waals surface area contributed by atoms with Crippen LogP contribution in [0.5, 0.6) is 5.88 Å². The third kappa shape index (κ3) is 5.58. The van der Waals surface area contributed by atoms with Gasteiger partial charge < -0.3 is 15.2 Å². The molecule has 5 aliphatic carbocycles. The number of piperidine rings is 1. The molecule has 0 radical (unpaired) electrons. The molecule has 4 heterocycles. The lowest BCUT2D eigenvalue weighted by atomic mass is 9.52. The maximum atomic E-state index is 10.1. The van der Waals surface area contributed by atoms with Crippen molar-refractivity contribution < 1.29 is 9.84 Å². The normalized spacial score (nSPS) is 27.8. The minimum atomic E-state index is -0.364. The van der Waals surface area contributed by atoms with Crippen molar-refractivity contribution in [2.45, 2.75) is 113 Å². The van der Waals surface area contributed by atoms with Crippen LogP contribution >= 0.6 is 0 Å². The number of nitrogens with zero attached hydrogens (tertiary/aromatic N) is 7. The van der Waals surface area contributed by atoms with Crippen molar-refractivity contribution >= 4 is 5.95 Å². The van der Waals surface area contributed by atoms with Crippen molar-refractivity contribution in [1.29, 1.82) is 0 Å². The summed E-state index contributed by atoms with van der Waals surface area (Å²) in [4.78, 5) is 30.5. The maximum absolute atomic E-state index is 10.1. The lowest BCUT2D eigenvalue weighted by Crippen LogP contribution is -2.48. The van der Waals surface area contributed by atoms with Crippen LogP contribution in [0.1, 0.15) is 124 Å². The summed E-state index contributed by atoms with van der Waals surface area (Å²) in [5, 5.41) is 13.7. The van der Waals surface area contributed by atoms with Crippen LogP contribution in [0, 0.1) is 5.41 Å². The zero-order chi connectivity index (χ0) is 30.6. The highest BCUT2D eigenvalue weighted by Crippen LogP contribution is 2.59. The quantitative estimate of drug-likeness (QED) is 0.295. The number of aliphatic hydroxyl groups excluding tert-OH is 1. The van der Waals surface area contributed by atoms with Crippen molar-refractivity contribution in [3.05, 3.63) is 47.4 Å². The molecule has 238 valence electrons. The number of ether oxygens (including phenoxy) is 1. The second-order valence-electron chi connectivity index (χ2n) is 14.6. The Labute approximate surface area is 265 Å². The first kappa shape index (κ1) is 29.2. The van der Waals surface area contributed by atoms with E-state index < -0.39 is 0 Å². The molecule has 2 bridgehead atoms. The van der Waals surface area contributed by atoms with E-state index in [0.717, 1.165) is 56.6 Å². The molecule has 6 aliphatic rings. The van der Waals surface area contributed by atoms with Gasteiger partial charge in [0.15, 0.2) is 5.82 Å². The topological polar surface area (TPSA) is 122 Å². The van der Waals surface area contributed by atoms with E-state index in [1.807, 2.05) is 6.92 Å². The van der Waals surface area contributed by atoms with Gasteiger partial charge >= 0.3 is 0 Å². The summed E-state index contributed by atoms with van der Waals surface area (Å²) in [7, 11) is 1.63. The predicted molar refractivity (Wildman–Crippen MR) is 171 cm³/mol. The Kier molecular flexibility index (Phi) is 7.48. The molecule has 1 atom stereocenters. The van der Waals surface area contributed by atoms with Crippen LogP contribution in [-0.2, 0) is 5.41 Å². The van der Waals surface area contributed by atoms with Gasteiger partial charge in [-0.1, -0.05) is 6.07 Å². The average Bonchev–Trinajstić information content (AvgIpc) is 4.02. The van der Waals surface area contributed by atoms with Crippen molar-refractivity contribution in [1.82, 2.24) is 34.8 Å². The molecule has 1 aliphatic heterocycles. The Bertz CT molecular complexity index is 1520. The molecule has 9 rings (SSSR count). The first-order chi connectivity index (χ1) is 22.0.